The van der Waals surface area contributed by atoms with Crippen LogP contribution in [-0.4, -0.2) is 58.9 Å². The third-order valence-corrected chi connectivity index (χ3v) is 6.45. The maximum atomic E-state index is 13.1. The summed E-state index contributed by atoms with van der Waals surface area (Å²) in [7, 11) is 3.29. The molecule has 1 aliphatic carbocycles. The van der Waals surface area contributed by atoms with Gasteiger partial charge < -0.3 is 24.2 Å². The molecule has 4 rings (SSSR count). The number of nitrogens with one attached hydrogen (secondary N) is 1. The summed E-state index contributed by atoms with van der Waals surface area (Å²) in [6, 6.07) is 13.1. The van der Waals surface area contributed by atoms with Crippen LogP contribution in [0.25, 0.3) is 22.8 Å². The van der Waals surface area contributed by atoms with Crippen LogP contribution in [0, 0.1) is 11.3 Å². The molecule has 0 fully saturated rings. The van der Waals surface area contributed by atoms with Crippen molar-refractivity contribution in [2.24, 2.45) is 0 Å². The zero-order chi connectivity index (χ0) is 29.2. The minimum atomic E-state index is -0.981. The van der Waals surface area contributed by atoms with Crippen LogP contribution in [0.3, 0.4) is 0 Å². The Hall–Kier alpha value is -4.39. The first kappa shape index (κ1) is 28.6. The predicted molar refractivity (Wildman–Crippen MR) is 149 cm³/mol. The van der Waals surface area contributed by atoms with Crippen LogP contribution in [-0.2, 0) is 16.0 Å². The van der Waals surface area contributed by atoms with Crippen molar-refractivity contribution in [1.29, 1.82) is 5.26 Å². The van der Waals surface area contributed by atoms with Gasteiger partial charge in [-0.15, -0.1) is 0 Å². The second kappa shape index (κ2) is 11.4. The number of nitriles is 1. The molecule has 1 aromatic heterocycles. The second-order valence-electron chi connectivity index (χ2n) is 11.4. The van der Waals surface area contributed by atoms with Crippen LogP contribution in [0.1, 0.15) is 63.6 Å². The molecule has 1 N–H and O–H groups in total. The van der Waals surface area contributed by atoms with E-state index in [1.807, 2.05) is 52.8 Å². The molecule has 2 amide bonds. The molecule has 1 aliphatic rings. The molecule has 2 aromatic carbocycles. The van der Waals surface area contributed by atoms with E-state index >= 15 is 0 Å². The van der Waals surface area contributed by atoms with E-state index in [0.717, 1.165) is 16.7 Å². The molecule has 3 aromatic rings. The third kappa shape index (κ3) is 6.25. The van der Waals surface area contributed by atoms with Gasteiger partial charge in [0.2, 0.25) is 5.82 Å². The minimum absolute atomic E-state index is 0.0668. The second-order valence-corrected chi connectivity index (χ2v) is 11.4. The summed E-state index contributed by atoms with van der Waals surface area (Å²) in [6.07, 6.45) is -0.413. The average molecular weight is 546 g/mol. The summed E-state index contributed by atoms with van der Waals surface area (Å²) in [4.78, 5) is 31.8. The monoisotopic (exact) mass is 545 g/mol. The van der Waals surface area contributed by atoms with Gasteiger partial charge in [-0.2, -0.15) is 10.2 Å². The zero-order valence-electron chi connectivity index (χ0n) is 23.9. The highest BCUT2D eigenvalue weighted by Crippen LogP contribution is 2.41. The number of benzene rings is 2. The quantitative estimate of drug-likeness (QED) is 0.435. The highest BCUT2D eigenvalue weighted by Gasteiger charge is 2.39. The number of carbonyl (C=O) groups is 2. The molecular formula is C30H35N5O5. The fraction of sp³-hybridized carbons (Fsp3) is 0.433. The van der Waals surface area contributed by atoms with Crippen molar-refractivity contribution in [3.63, 3.8) is 0 Å². The van der Waals surface area contributed by atoms with E-state index in [2.05, 4.69) is 21.5 Å². The van der Waals surface area contributed by atoms with Crippen molar-refractivity contribution >= 4 is 12.0 Å². The molecule has 0 saturated heterocycles. The Morgan fingerprint density at radius 2 is 1.95 bits per heavy atom. The Labute approximate surface area is 234 Å². The van der Waals surface area contributed by atoms with Crippen LogP contribution >= 0.6 is 0 Å². The summed E-state index contributed by atoms with van der Waals surface area (Å²) in [5, 5.41) is 16.6. The fourth-order valence-electron chi connectivity index (χ4n) is 4.78. The molecule has 0 aliphatic heterocycles. The standard InChI is InChI=1S/C30H35N5O5/c1-17(2)38-24-14-11-18(15-19(24)16-31)27-32-26(34-40-27)23-10-8-9-20-21(23)12-13-22(20)25(28(36)35(6)7)39-29(37)33-30(3,4)5/h8-11,14-15,17,22,25H,12-13H2,1-7H3,(H,33,37). The maximum absolute atomic E-state index is 13.1. The van der Waals surface area contributed by atoms with Crippen LogP contribution < -0.4 is 10.1 Å². The van der Waals surface area contributed by atoms with Gasteiger partial charge in [0.05, 0.1) is 11.7 Å². The number of amides is 2. The summed E-state index contributed by atoms with van der Waals surface area (Å²) in [5.41, 5.74) is 3.15. The number of fused-ring (bicyclic) bond motifs is 1. The number of alkyl carbamates (subject to hydrolysis) is 1. The van der Waals surface area contributed by atoms with Crippen LogP contribution in [0.5, 0.6) is 5.75 Å². The van der Waals surface area contributed by atoms with Gasteiger partial charge in [-0.05, 0) is 76.8 Å². The van der Waals surface area contributed by atoms with E-state index in [9.17, 15) is 14.9 Å². The van der Waals surface area contributed by atoms with Crippen molar-refractivity contribution in [3.8, 4) is 34.7 Å². The van der Waals surface area contributed by atoms with Crippen molar-refractivity contribution in [1.82, 2.24) is 20.4 Å². The molecule has 1 heterocycles. The molecule has 210 valence electrons. The number of hydrogen-bond acceptors (Lipinski definition) is 8. The van der Waals surface area contributed by atoms with E-state index in [1.54, 1.807) is 32.3 Å². The summed E-state index contributed by atoms with van der Waals surface area (Å²) >= 11 is 0. The molecule has 10 heteroatoms. The number of carbonyl (C=O) groups excluding carboxylic acids is 2. The summed E-state index contributed by atoms with van der Waals surface area (Å²) in [5.74, 6) is 0.558. The Morgan fingerprint density at radius 1 is 1.20 bits per heavy atom. The highest BCUT2D eigenvalue weighted by molar-refractivity contribution is 5.85. The van der Waals surface area contributed by atoms with Crippen LogP contribution in [0.15, 0.2) is 40.9 Å². The molecule has 40 heavy (non-hydrogen) atoms. The number of hydrogen-bond donors (Lipinski definition) is 1. The van der Waals surface area contributed by atoms with Crippen LogP contribution in [0.2, 0.25) is 0 Å². The first-order valence-electron chi connectivity index (χ1n) is 13.2. The molecular weight excluding hydrogens is 510 g/mol. The van der Waals surface area contributed by atoms with Gasteiger partial charge in [-0.1, -0.05) is 23.4 Å². The Bertz CT molecular complexity index is 1450. The highest BCUT2D eigenvalue weighted by atomic mass is 16.6. The lowest BCUT2D eigenvalue weighted by Gasteiger charge is -2.28. The van der Waals surface area contributed by atoms with Crippen molar-refractivity contribution in [3.05, 3.63) is 53.1 Å². The molecule has 0 bridgehead atoms. The Kier molecular flexibility index (Phi) is 8.14. The number of rotatable bonds is 7. The van der Waals surface area contributed by atoms with Crippen LogP contribution in [0.4, 0.5) is 4.79 Å². The lowest BCUT2D eigenvalue weighted by atomic mass is 9.93. The van der Waals surface area contributed by atoms with Gasteiger partial charge in [0, 0.05) is 36.7 Å². The molecule has 2 unspecified atom stereocenters. The Balaban J connectivity index is 1.64. The van der Waals surface area contributed by atoms with Gasteiger partial charge in [0.25, 0.3) is 11.8 Å². The fourth-order valence-corrected chi connectivity index (χ4v) is 4.78. The normalized spacial score (nSPS) is 15.2. The topological polar surface area (TPSA) is 131 Å². The van der Waals surface area contributed by atoms with E-state index in [0.29, 0.717) is 35.5 Å². The van der Waals surface area contributed by atoms with E-state index in [1.165, 1.54) is 4.90 Å². The number of nitrogens with zero attached hydrogens (tertiary/aromatic N) is 4. The van der Waals surface area contributed by atoms with Gasteiger partial charge in [0.1, 0.15) is 11.8 Å². The Morgan fingerprint density at radius 3 is 2.60 bits per heavy atom. The zero-order valence-corrected chi connectivity index (χ0v) is 23.9. The summed E-state index contributed by atoms with van der Waals surface area (Å²) in [6.45, 7) is 9.34. The molecule has 0 radical (unpaired) electrons. The largest absolute Gasteiger partial charge is 0.490 e. The van der Waals surface area contributed by atoms with Gasteiger partial charge in [-0.3, -0.25) is 4.79 Å². The van der Waals surface area contributed by atoms with E-state index in [4.69, 9.17) is 14.0 Å². The maximum Gasteiger partial charge on any atom is 0.408 e. The van der Waals surface area contributed by atoms with Crippen molar-refractivity contribution in [2.45, 2.75) is 71.1 Å². The molecule has 0 saturated carbocycles. The SMILES string of the molecule is CC(C)Oc1ccc(-c2nc(-c3cccc4c3CCC4C(OC(=O)NC(C)(C)C)C(=O)N(C)C)no2)cc1C#N. The number of ether oxygens (including phenoxy) is 2. The molecule has 0 spiro atoms. The van der Waals surface area contributed by atoms with E-state index < -0.39 is 17.7 Å². The number of likely N-dealkylation sites (N-methyl/N-ethyl adjacent to an activating group) is 1. The first-order valence-corrected chi connectivity index (χ1v) is 13.2. The van der Waals surface area contributed by atoms with E-state index in [-0.39, 0.29) is 23.8 Å². The van der Waals surface area contributed by atoms with Crippen molar-refractivity contribution < 1.29 is 23.6 Å². The number of aromatic nitrogens is 2. The minimum Gasteiger partial charge on any atom is -0.490 e. The lowest BCUT2D eigenvalue weighted by Crippen LogP contribution is -2.46. The van der Waals surface area contributed by atoms with Gasteiger partial charge in [-0.25, -0.2) is 4.79 Å². The first-order chi connectivity index (χ1) is 18.9. The summed E-state index contributed by atoms with van der Waals surface area (Å²) < 4.78 is 17.0. The smallest absolute Gasteiger partial charge is 0.408 e. The van der Waals surface area contributed by atoms with Crippen molar-refractivity contribution in [2.75, 3.05) is 14.1 Å². The average Bonchev–Trinajstić information content (AvgIpc) is 3.53. The van der Waals surface area contributed by atoms with Gasteiger partial charge in [0.15, 0.2) is 6.10 Å². The van der Waals surface area contributed by atoms with Gasteiger partial charge >= 0.3 is 6.09 Å². The molecule has 10 nitrogen and oxygen atoms in total. The lowest BCUT2D eigenvalue weighted by molar-refractivity contribution is -0.139. The molecule has 2 atom stereocenters. The predicted octanol–water partition coefficient (Wildman–Crippen LogP) is 5.07. The third-order valence-electron chi connectivity index (χ3n) is 6.45.